The van der Waals surface area contributed by atoms with Crippen molar-refractivity contribution in [2.24, 2.45) is 11.1 Å². The van der Waals surface area contributed by atoms with E-state index in [1.165, 1.54) is 0 Å². The zero-order chi connectivity index (χ0) is 33.1. The van der Waals surface area contributed by atoms with Crippen molar-refractivity contribution in [1.82, 2.24) is 5.48 Å². The van der Waals surface area contributed by atoms with Gasteiger partial charge in [-0.25, -0.2) is 0 Å². The highest BCUT2D eigenvalue weighted by atomic mass is 35.5. The number of terminal acetylenes is 1. The van der Waals surface area contributed by atoms with E-state index in [2.05, 4.69) is 43.9 Å². The number of rotatable bonds is 13. The molecule has 0 saturated carbocycles. The number of fused-ring (bicyclic) bond motifs is 1. The molecule has 6 nitrogen and oxygen atoms in total. The van der Waals surface area contributed by atoms with E-state index in [1.807, 2.05) is 49.4 Å². The van der Waals surface area contributed by atoms with Gasteiger partial charge in [-0.3, -0.25) is 4.79 Å². The number of hydroxylamine groups is 1. The van der Waals surface area contributed by atoms with Crippen LogP contribution in [0.5, 0.6) is 5.75 Å². The molecule has 3 aromatic carbocycles. The lowest BCUT2D eigenvalue weighted by atomic mass is 9.98. The summed E-state index contributed by atoms with van der Waals surface area (Å²) in [6.07, 6.45) is 13.3. The molecule has 3 aromatic rings. The third kappa shape index (κ3) is 11.8. The van der Waals surface area contributed by atoms with Gasteiger partial charge in [-0.15, -0.1) is 41.0 Å². The number of hydrogen-bond donors (Lipinski definition) is 1. The number of hydrogen-bond acceptors (Lipinski definition) is 5. The summed E-state index contributed by atoms with van der Waals surface area (Å²) in [6, 6.07) is 16.3. The van der Waals surface area contributed by atoms with Crippen molar-refractivity contribution >= 4 is 51.5 Å². The van der Waals surface area contributed by atoms with E-state index in [0.29, 0.717) is 40.9 Å². The van der Waals surface area contributed by atoms with Crippen LogP contribution in [0.25, 0.3) is 21.9 Å². The zero-order valence-corrected chi connectivity index (χ0v) is 27.8. The molecular weight excluding hydrogens is 619 g/mol. The number of halogens is 3. The first-order valence-electron chi connectivity index (χ1n) is 13.8. The Bertz CT molecular complexity index is 1480. The average molecular weight is 658 g/mol. The van der Waals surface area contributed by atoms with Crippen molar-refractivity contribution < 1.29 is 14.4 Å². The molecule has 44 heavy (non-hydrogen) atoms. The zero-order valence-electron chi connectivity index (χ0n) is 25.5. The van der Waals surface area contributed by atoms with E-state index < -0.39 is 5.91 Å². The normalized spacial score (nSPS) is 11.1. The molecule has 234 valence electrons. The molecule has 9 heteroatoms. The van der Waals surface area contributed by atoms with E-state index in [9.17, 15) is 9.70 Å². The number of allylic oxidation sites excluding steroid dienone is 4. The molecule has 0 saturated heterocycles. The topological polar surface area (TPSA) is 77.0 Å². The minimum Gasteiger partial charge on any atom is -0.489 e. The summed E-state index contributed by atoms with van der Waals surface area (Å²) in [5.74, 6) is 1.87. The molecule has 1 N–H and O–H groups in total. The van der Waals surface area contributed by atoms with E-state index >= 15 is 0 Å². The highest BCUT2D eigenvalue weighted by Gasteiger charge is 2.16. The first kappa shape index (κ1) is 38.4. The number of nitrogens with zero attached hydrogens (tertiary/aromatic N) is 1. The Labute approximate surface area is 276 Å². The Kier molecular flexibility index (Phi) is 18.5. The maximum atomic E-state index is 11.8. The summed E-state index contributed by atoms with van der Waals surface area (Å²) in [4.78, 5) is 28.3. The monoisotopic (exact) mass is 656 g/mol. The molecule has 0 aromatic heterocycles. The standard InChI is InChI=1S/C29H30Cl2N2O4.C4H7Cl.C2H2/c1-18(2)28(37-32-4)22(9-8-19(3)16-30)17-36-23-11-13-25(27(31)15-23)21-10-12-24-20(14-21)6-5-7-26(24)29(34)33-35;1-2-3-4-5;1-2/h5-7,10-15,18,32H,3,8-9,16-17H2,1-2,4H3;2-3H,4H2,1H3;1-2H/b28-22+;3-2-;. The van der Waals surface area contributed by atoms with Gasteiger partial charge < -0.3 is 9.57 Å². The van der Waals surface area contributed by atoms with Crippen LogP contribution in [0.15, 0.2) is 95.4 Å². The first-order chi connectivity index (χ1) is 21.2. The minimum absolute atomic E-state index is 0.160. The quantitative estimate of drug-likeness (QED) is 0.0494. The van der Waals surface area contributed by atoms with Crippen molar-refractivity contribution in [3.8, 4) is 29.7 Å². The number of nitroso groups, excluding NO2 is 1. The van der Waals surface area contributed by atoms with Crippen molar-refractivity contribution in [1.29, 1.82) is 0 Å². The largest absolute Gasteiger partial charge is 0.489 e. The van der Waals surface area contributed by atoms with E-state index in [1.54, 1.807) is 31.3 Å². The highest BCUT2D eigenvalue weighted by molar-refractivity contribution is 6.33. The van der Waals surface area contributed by atoms with Gasteiger partial charge in [-0.1, -0.05) is 74.0 Å². The van der Waals surface area contributed by atoms with Crippen molar-refractivity contribution in [2.45, 2.75) is 33.6 Å². The van der Waals surface area contributed by atoms with Gasteiger partial charge in [0, 0.05) is 41.0 Å². The van der Waals surface area contributed by atoms with Crippen LogP contribution in [0.2, 0.25) is 5.02 Å². The van der Waals surface area contributed by atoms with Crippen molar-refractivity contribution in [3.63, 3.8) is 0 Å². The fourth-order valence-corrected chi connectivity index (χ4v) is 4.73. The fourth-order valence-electron chi connectivity index (χ4n) is 4.14. The molecule has 0 aliphatic carbocycles. The lowest BCUT2D eigenvalue weighted by Crippen LogP contribution is -2.16. The summed E-state index contributed by atoms with van der Waals surface area (Å²) in [6.45, 7) is 10.4. The highest BCUT2D eigenvalue weighted by Crippen LogP contribution is 2.34. The van der Waals surface area contributed by atoms with Crippen LogP contribution >= 0.6 is 34.8 Å². The number of benzene rings is 3. The molecule has 0 heterocycles. The second-order valence-corrected chi connectivity index (χ2v) is 10.6. The van der Waals surface area contributed by atoms with Crippen LogP contribution in [-0.2, 0) is 4.84 Å². The molecular formula is C35H39Cl3N2O4. The molecule has 0 atom stereocenters. The number of nitrogens with one attached hydrogen (secondary N) is 1. The number of amides is 1. The van der Waals surface area contributed by atoms with E-state index in [4.69, 9.17) is 44.4 Å². The van der Waals surface area contributed by atoms with Gasteiger partial charge in [-0.2, -0.15) is 5.48 Å². The van der Waals surface area contributed by atoms with Gasteiger partial charge in [0.1, 0.15) is 18.1 Å². The number of carbonyl (C=O) groups is 1. The summed E-state index contributed by atoms with van der Waals surface area (Å²) < 4.78 is 6.12. The van der Waals surface area contributed by atoms with Crippen LogP contribution in [0.4, 0.5) is 0 Å². The smallest absolute Gasteiger partial charge is 0.317 e. The Morgan fingerprint density at radius 1 is 1.09 bits per heavy atom. The Hall–Kier alpha value is -3.60. The average Bonchev–Trinajstić information content (AvgIpc) is 3.04. The molecule has 0 spiro atoms. The van der Waals surface area contributed by atoms with Gasteiger partial charge in [-0.05, 0) is 66.4 Å². The summed E-state index contributed by atoms with van der Waals surface area (Å²) >= 11 is 17.8. The maximum Gasteiger partial charge on any atom is 0.317 e. The molecule has 0 radical (unpaired) electrons. The second-order valence-electron chi connectivity index (χ2n) is 9.60. The minimum atomic E-state index is -0.793. The fraction of sp³-hybridized carbons (Fsp3) is 0.286. The summed E-state index contributed by atoms with van der Waals surface area (Å²) in [5, 5.41) is 4.54. The van der Waals surface area contributed by atoms with Crippen LogP contribution in [-0.4, -0.2) is 31.3 Å². The predicted octanol–water partition coefficient (Wildman–Crippen LogP) is 10.1. The van der Waals surface area contributed by atoms with Crippen molar-refractivity contribution in [3.05, 3.63) is 106 Å². The predicted molar refractivity (Wildman–Crippen MR) is 187 cm³/mol. The lowest BCUT2D eigenvalue weighted by molar-refractivity contribution is 0.0993. The molecule has 0 unspecified atom stereocenters. The second kappa shape index (κ2) is 21.2. The van der Waals surface area contributed by atoms with Gasteiger partial charge in [0.2, 0.25) is 0 Å². The number of ether oxygens (including phenoxy) is 1. The molecule has 3 rings (SSSR count). The molecule has 0 aliphatic heterocycles. The summed E-state index contributed by atoms with van der Waals surface area (Å²) in [7, 11) is 1.72. The lowest BCUT2D eigenvalue weighted by Gasteiger charge is -2.19. The summed E-state index contributed by atoms with van der Waals surface area (Å²) in [5.41, 5.74) is 6.70. The Balaban J connectivity index is 0.00000125. The van der Waals surface area contributed by atoms with Crippen LogP contribution < -0.4 is 10.2 Å². The van der Waals surface area contributed by atoms with E-state index in [-0.39, 0.29) is 11.5 Å². The van der Waals surface area contributed by atoms with Crippen LogP contribution in [0, 0.1) is 23.7 Å². The Morgan fingerprint density at radius 2 is 1.82 bits per heavy atom. The van der Waals surface area contributed by atoms with Crippen LogP contribution in [0.3, 0.4) is 0 Å². The van der Waals surface area contributed by atoms with E-state index in [0.717, 1.165) is 39.8 Å². The van der Waals surface area contributed by atoms with Gasteiger partial charge in [0.15, 0.2) is 0 Å². The number of alkyl halides is 2. The number of carbonyl (C=O) groups excluding carboxylic acids is 1. The third-order valence-electron chi connectivity index (χ3n) is 6.24. The molecule has 0 aliphatic rings. The molecule has 0 fully saturated rings. The van der Waals surface area contributed by atoms with Gasteiger partial charge >= 0.3 is 5.91 Å². The SMILES string of the molecule is C#C.C/C=C\CCl.C=C(CCl)CC/C(COc1ccc(-c2ccc3c(C(=O)N=O)cccc3c2)c(Cl)c1)=C(\ONC)C(C)C. The van der Waals surface area contributed by atoms with Gasteiger partial charge in [0.25, 0.3) is 0 Å². The van der Waals surface area contributed by atoms with Gasteiger partial charge in [0.05, 0.1) is 10.6 Å². The van der Waals surface area contributed by atoms with Crippen LogP contribution in [0.1, 0.15) is 44.0 Å². The van der Waals surface area contributed by atoms with Crippen molar-refractivity contribution in [2.75, 3.05) is 25.4 Å². The third-order valence-corrected chi connectivity index (χ3v) is 7.11. The molecule has 1 amide bonds. The maximum absolute atomic E-state index is 11.8. The Morgan fingerprint density at radius 3 is 2.36 bits per heavy atom. The first-order valence-corrected chi connectivity index (χ1v) is 15.3. The molecule has 0 bridgehead atoms.